The molecule has 1 atom stereocenters. The summed E-state index contributed by atoms with van der Waals surface area (Å²) in [5, 5.41) is 15.3. The molecule has 0 aliphatic carbocycles. The second-order valence-electron chi connectivity index (χ2n) is 5.69. The van der Waals surface area contributed by atoms with Gasteiger partial charge >= 0.3 is 0 Å². The number of benzene rings is 2. The lowest BCUT2D eigenvalue weighted by Crippen LogP contribution is -2.20. The van der Waals surface area contributed by atoms with Gasteiger partial charge in [-0.1, -0.05) is 29.4 Å². The average molecular weight is 461 g/mol. The summed E-state index contributed by atoms with van der Waals surface area (Å²) in [5.74, 6) is 1.92. The Morgan fingerprint density at radius 3 is 2.62 bits per heavy atom. The number of hydrogen-bond acceptors (Lipinski definition) is 6. The maximum Gasteiger partial charge on any atom is 0.248 e. The number of nitrogens with one attached hydrogen (secondary N) is 1. The van der Waals surface area contributed by atoms with Crippen LogP contribution in [-0.4, -0.2) is 34.4 Å². The number of halogens is 1. The van der Waals surface area contributed by atoms with Crippen LogP contribution in [0.3, 0.4) is 0 Å². The molecule has 3 aromatic rings. The third kappa shape index (κ3) is 2.90. The molecule has 4 rings (SSSR count). The Kier molecular flexibility index (Phi) is 4.49. The van der Waals surface area contributed by atoms with E-state index in [9.17, 15) is 0 Å². The highest BCUT2D eigenvalue weighted by molar-refractivity contribution is 14.1. The van der Waals surface area contributed by atoms with E-state index in [1.165, 1.54) is 3.57 Å². The first-order valence-electron chi connectivity index (χ1n) is 7.95. The molecule has 1 aliphatic rings. The smallest absolute Gasteiger partial charge is 0.248 e. The minimum Gasteiger partial charge on any atom is -0.493 e. The number of anilines is 1. The number of aromatic nitrogens is 4. The van der Waals surface area contributed by atoms with Gasteiger partial charge in [0, 0.05) is 14.8 Å². The predicted molar refractivity (Wildman–Crippen MR) is 106 cm³/mol. The molecule has 26 heavy (non-hydrogen) atoms. The Morgan fingerprint density at radius 1 is 1.08 bits per heavy atom. The van der Waals surface area contributed by atoms with Gasteiger partial charge < -0.3 is 14.8 Å². The molecule has 2 aromatic carbocycles. The number of fused-ring (bicyclic) bond motifs is 1. The maximum absolute atomic E-state index is 5.61. The van der Waals surface area contributed by atoms with Gasteiger partial charge in [-0.05, 0) is 62.9 Å². The van der Waals surface area contributed by atoms with Gasteiger partial charge in [-0.15, -0.1) is 0 Å². The molecule has 0 bridgehead atoms. The first kappa shape index (κ1) is 16.8. The van der Waals surface area contributed by atoms with Gasteiger partial charge in [0.15, 0.2) is 11.5 Å². The van der Waals surface area contributed by atoms with Gasteiger partial charge in [-0.3, -0.25) is 0 Å². The van der Waals surface area contributed by atoms with E-state index in [4.69, 9.17) is 9.47 Å². The van der Waals surface area contributed by atoms with Crippen molar-refractivity contribution in [3.05, 3.63) is 63.2 Å². The lowest BCUT2D eigenvalue weighted by molar-refractivity contribution is 0.348. The normalized spacial score (nSPS) is 15.7. The fourth-order valence-corrected chi connectivity index (χ4v) is 3.38. The number of hydrogen-bond donors (Lipinski definition) is 1. The Labute approximate surface area is 164 Å². The van der Waals surface area contributed by atoms with E-state index >= 15 is 0 Å². The number of nitrogens with zero attached hydrogens (tertiary/aromatic N) is 4. The van der Waals surface area contributed by atoms with Crippen LogP contribution in [0.25, 0.3) is 5.70 Å². The van der Waals surface area contributed by atoms with Crippen molar-refractivity contribution in [2.75, 3.05) is 19.5 Å². The summed E-state index contributed by atoms with van der Waals surface area (Å²) in [6, 6.07) is 13.8. The predicted octanol–water partition coefficient (Wildman–Crippen LogP) is 3.35. The van der Waals surface area contributed by atoms with Crippen LogP contribution in [-0.2, 0) is 0 Å². The van der Waals surface area contributed by atoms with Crippen LogP contribution in [0.4, 0.5) is 5.95 Å². The quantitative estimate of drug-likeness (QED) is 0.601. The van der Waals surface area contributed by atoms with Crippen molar-refractivity contribution < 1.29 is 9.47 Å². The Morgan fingerprint density at radius 2 is 1.88 bits per heavy atom. The van der Waals surface area contributed by atoms with Crippen molar-refractivity contribution in [2.45, 2.75) is 6.04 Å². The van der Waals surface area contributed by atoms with E-state index in [0.29, 0.717) is 17.4 Å². The van der Waals surface area contributed by atoms with E-state index < -0.39 is 0 Å². The van der Waals surface area contributed by atoms with Crippen LogP contribution >= 0.6 is 22.6 Å². The van der Waals surface area contributed by atoms with Crippen LogP contribution in [0, 0.1) is 3.57 Å². The van der Waals surface area contributed by atoms with Gasteiger partial charge in [0.05, 0.1) is 14.2 Å². The van der Waals surface area contributed by atoms with Gasteiger partial charge in [-0.2, -0.15) is 4.68 Å². The van der Waals surface area contributed by atoms with E-state index in [1.54, 1.807) is 18.9 Å². The molecule has 0 spiro atoms. The highest BCUT2D eigenvalue weighted by atomic mass is 127. The summed E-state index contributed by atoms with van der Waals surface area (Å²) >= 11 is 2.29. The molecule has 132 valence electrons. The van der Waals surface area contributed by atoms with E-state index in [1.807, 2.05) is 18.2 Å². The first-order valence-corrected chi connectivity index (χ1v) is 9.02. The summed E-state index contributed by atoms with van der Waals surface area (Å²) in [4.78, 5) is 0. The molecule has 0 fully saturated rings. The summed E-state index contributed by atoms with van der Waals surface area (Å²) in [6.07, 6.45) is 2.09. The molecule has 7 nitrogen and oxygen atoms in total. The van der Waals surface area contributed by atoms with Gasteiger partial charge in [0.2, 0.25) is 5.95 Å². The molecule has 0 radical (unpaired) electrons. The Bertz CT molecular complexity index is 968. The summed E-state index contributed by atoms with van der Waals surface area (Å²) in [5.41, 5.74) is 2.93. The molecular formula is C18H16IN5O2. The monoisotopic (exact) mass is 461 g/mol. The van der Waals surface area contributed by atoms with Gasteiger partial charge in [-0.25, -0.2) is 0 Å². The molecule has 8 heteroatoms. The molecule has 2 heterocycles. The zero-order valence-corrected chi connectivity index (χ0v) is 16.3. The molecule has 1 aromatic heterocycles. The number of allylic oxidation sites excluding steroid dienone is 1. The van der Waals surface area contributed by atoms with Crippen molar-refractivity contribution in [3.8, 4) is 11.5 Å². The second-order valence-corrected chi connectivity index (χ2v) is 6.93. The minimum atomic E-state index is -0.222. The van der Waals surface area contributed by atoms with Crippen LogP contribution in [0.1, 0.15) is 17.2 Å². The lowest BCUT2D eigenvalue weighted by Gasteiger charge is -2.25. The van der Waals surface area contributed by atoms with Gasteiger partial charge in [0.25, 0.3) is 0 Å². The van der Waals surface area contributed by atoms with E-state index in [2.05, 4.69) is 73.8 Å². The highest BCUT2D eigenvalue weighted by Crippen LogP contribution is 2.40. The van der Waals surface area contributed by atoms with Crippen LogP contribution in [0.5, 0.6) is 11.5 Å². The summed E-state index contributed by atoms with van der Waals surface area (Å²) < 4.78 is 14.0. The number of methoxy groups -OCH3 is 2. The van der Waals surface area contributed by atoms with E-state index in [-0.39, 0.29) is 6.04 Å². The standard InChI is InChI=1S/C18H16IN5O2/c1-25-16-5-3-4-13(17(16)26-2)15-10-14(11-6-8-12(19)9-7-11)20-18-21-22-23-24(15)18/h3-10,15H,1-2H3,(H,20,21,23)/t15-/m0/s1. The Balaban J connectivity index is 1.85. The maximum atomic E-state index is 5.61. The van der Waals surface area contributed by atoms with Gasteiger partial charge in [0.1, 0.15) is 6.04 Å². The number of tetrazole rings is 1. The molecule has 0 unspecified atom stereocenters. The topological polar surface area (TPSA) is 74.1 Å². The zero-order valence-electron chi connectivity index (χ0n) is 14.2. The molecule has 0 saturated carbocycles. The summed E-state index contributed by atoms with van der Waals surface area (Å²) in [7, 11) is 3.26. The molecule has 1 N–H and O–H groups in total. The Hall–Kier alpha value is -2.62. The minimum absolute atomic E-state index is 0.222. The first-order chi connectivity index (χ1) is 12.7. The third-order valence-corrected chi connectivity index (χ3v) is 4.95. The second kappa shape index (κ2) is 6.94. The van der Waals surface area contributed by atoms with Crippen molar-refractivity contribution in [1.82, 2.24) is 20.2 Å². The fourth-order valence-electron chi connectivity index (χ4n) is 3.02. The van der Waals surface area contributed by atoms with E-state index in [0.717, 1.165) is 16.8 Å². The zero-order chi connectivity index (χ0) is 18.1. The van der Waals surface area contributed by atoms with Crippen molar-refractivity contribution in [2.24, 2.45) is 0 Å². The SMILES string of the molecule is COc1cccc([C@@H]2C=C(c3ccc(I)cc3)Nc3nnnn32)c1OC. The number of para-hydroxylation sites is 1. The van der Waals surface area contributed by atoms with Crippen LogP contribution in [0.2, 0.25) is 0 Å². The average Bonchev–Trinajstić information content (AvgIpc) is 3.15. The summed E-state index contributed by atoms with van der Waals surface area (Å²) in [6.45, 7) is 0. The molecule has 0 saturated heterocycles. The molecule has 0 amide bonds. The third-order valence-electron chi connectivity index (χ3n) is 4.23. The van der Waals surface area contributed by atoms with Crippen LogP contribution in [0.15, 0.2) is 48.5 Å². The lowest BCUT2D eigenvalue weighted by atomic mass is 10.0. The highest BCUT2D eigenvalue weighted by Gasteiger charge is 2.27. The van der Waals surface area contributed by atoms with Crippen molar-refractivity contribution in [1.29, 1.82) is 0 Å². The molecule has 1 aliphatic heterocycles. The van der Waals surface area contributed by atoms with Crippen molar-refractivity contribution in [3.63, 3.8) is 0 Å². The van der Waals surface area contributed by atoms with Crippen molar-refractivity contribution >= 4 is 34.2 Å². The number of ether oxygens (including phenoxy) is 2. The van der Waals surface area contributed by atoms with Crippen LogP contribution < -0.4 is 14.8 Å². The molecular weight excluding hydrogens is 445 g/mol. The largest absolute Gasteiger partial charge is 0.493 e. The number of rotatable bonds is 4. The fraction of sp³-hybridized carbons (Fsp3) is 0.167.